The first-order valence-electron chi connectivity index (χ1n) is 7.24. The van der Waals surface area contributed by atoms with Crippen LogP contribution in [0.4, 0.5) is 0 Å². The summed E-state index contributed by atoms with van der Waals surface area (Å²) >= 11 is 0. The minimum atomic E-state index is -0.798. The van der Waals surface area contributed by atoms with Gasteiger partial charge in [0.15, 0.2) is 11.5 Å². The summed E-state index contributed by atoms with van der Waals surface area (Å²) in [5.41, 5.74) is 0.925. The molecular formula is C16H22O5. The minimum Gasteiger partial charge on any atom is -0.493 e. The molecule has 1 fully saturated rings. The van der Waals surface area contributed by atoms with Gasteiger partial charge in [-0.3, -0.25) is 4.79 Å². The van der Waals surface area contributed by atoms with E-state index in [4.69, 9.17) is 19.3 Å². The van der Waals surface area contributed by atoms with Gasteiger partial charge in [0.25, 0.3) is 0 Å². The van der Waals surface area contributed by atoms with Gasteiger partial charge in [0, 0.05) is 6.61 Å². The van der Waals surface area contributed by atoms with E-state index in [2.05, 4.69) is 0 Å². The largest absolute Gasteiger partial charge is 0.493 e. The molecule has 0 spiro atoms. The maximum Gasteiger partial charge on any atom is 0.306 e. The Morgan fingerprint density at radius 3 is 2.90 bits per heavy atom. The smallest absolute Gasteiger partial charge is 0.306 e. The van der Waals surface area contributed by atoms with E-state index >= 15 is 0 Å². The second kappa shape index (κ2) is 7.31. The zero-order valence-corrected chi connectivity index (χ0v) is 12.5. The highest BCUT2D eigenvalue weighted by atomic mass is 16.5. The van der Waals surface area contributed by atoms with Crippen LogP contribution in [-0.4, -0.2) is 37.5 Å². The van der Waals surface area contributed by atoms with E-state index in [0.29, 0.717) is 24.5 Å². The molecule has 0 radical (unpaired) electrons. The molecule has 0 aliphatic carbocycles. The Hall–Kier alpha value is -1.75. The molecule has 1 aliphatic heterocycles. The molecule has 21 heavy (non-hydrogen) atoms. The van der Waals surface area contributed by atoms with E-state index in [9.17, 15) is 4.79 Å². The number of benzene rings is 1. The Morgan fingerprint density at radius 1 is 1.48 bits per heavy atom. The predicted octanol–water partition coefficient (Wildman–Crippen LogP) is 2.52. The molecule has 0 amide bonds. The zero-order chi connectivity index (χ0) is 15.2. The van der Waals surface area contributed by atoms with E-state index < -0.39 is 11.9 Å². The fourth-order valence-electron chi connectivity index (χ4n) is 2.36. The minimum absolute atomic E-state index is 0.0523. The molecule has 1 aromatic carbocycles. The average molecular weight is 294 g/mol. The molecule has 0 aromatic heterocycles. The highest BCUT2D eigenvalue weighted by Gasteiger charge is 2.18. The van der Waals surface area contributed by atoms with Crippen LogP contribution in [0.3, 0.4) is 0 Å². The Labute approximate surface area is 124 Å². The summed E-state index contributed by atoms with van der Waals surface area (Å²) in [5.74, 6) is 0.0947. The molecular weight excluding hydrogens is 272 g/mol. The summed E-state index contributed by atoms with van der Waals surface area (Å²) in [7, 11) is 1.59. The Morgan fingerprint density at radius 2 is 2.29 bits per heavy atom. The van der Waals surface area contributed by atoms with Crippen molar-refractivity contribution >= 4 is 5.97 Å². The van der Waals surface area contributed by atoms with Gasteiger partial charge in [-0.15, -0.1) is 0 Å². The summed E-state index contributed by atoms with van der Waals surface area (Å²) in [6.07, 6.45) is 2.50. The predicted molar refractivity (Wildman–Crippen MR) is 78.0 cm³/mol. The lowest BCUT2D eigenvalue weighted by molar-refractivity contribution is -0.141. The van der Waals surface area contributed by atoms with Crippen LogP contribution in [0, 0.1) is 5.92 Å². The monoisotopic (exact) mass is 294 g/mol. The van der Waals surface area contributed by atoms with Crippen molar-refractivity contribution < 1.29 is 24.1 Å². The SMILES string of the molecule is COc1cc(CC(C)C(=O)O)ccc1OC1CCCOC1. The molecule has 1 saturated heterocycles. The second-order valence-electron chi connectivity index (χ2n) is 5.39. The van der Waals surface area contributed by atoms with Crippen molar-refractivity contribution in [3.8, 4) is 11.5 Å². The van der Waals surface area contributed by atoms with Gasteiger partial charge >= 0.3 is 5.97 Å². The molecule has 2 unspecified atom stereocenters. The molecule has 1 aromatic rings. The summed E-state index contributed by atoms with van der Waals surface area (Å²) in [6.45, 7) is 3.09. The molecule has 1 N–H and O–H groups in total. The van der Waals surface area contributed by atoms with Gasteiger partial charge in [-0.25, -0.2) is 0 Å². The Bertz CT molecular complexity index is 480. The van der Waals surface area contributed by atoms with Gasteiger partial charge in [0.05, 0.1) is 19.6 Å². The number of methoxy groups -OCH3 is 1. The van der Waals surface area contributed by atoms with Crippen LogP contribution in [0.2, 0.25) is 0 Å². The number of carboxylic acids is 1. The lowest BCUT2D eigenvalue weighted by Gasteiger charge is -2.24. The van der Waals surface area contributed by atoms with Crippen LogP contribution in [-0.2, 0) is 16.0 Å². The van der Waals surface area contributed by atoms with Gasteiger partial charge in [-0.05, 0) is 37.0 Å². The molecule has 0 saturated carbocycles. The molecule has 1 aliphatic rings. The number of hydrogen-bond acceptors (Lipinski definition) is 4. The van der Waals surface area contributed by atoms with Crippen LogP contribution in [0.15, 0.2) is 18.2 Å². The fraction of sp³-hybridized carbons (Fsp3) is 0.562. The summed E-state index contributed by atoms with van der Waals surface area (Å²) in [6, 6.07) is 5.58. The standard InChI is InChI=1S/C16H22O5/c1-11(16(17)18)8-12-5-6-14(15(9-12)19-2)21-13-4-3-7-20-10-13/h5-6,9,11,13H,3-4,7-8,10H2,1-2H3,(H,17,18). The van der Waals surface area contributed by atoms with Crippen LogP contribution in [0.25, 0.3) is 0 Å². The molecule has 0 bridgehead atoms. The number of rotatable bonds is 6. The third kappa shape index (κ3) is 4.36. The Kier molecular flexibility index (Phi) is 5.44. The molecule has 116 valence electrons. The van der Waals surface area contributed by atoms with E-state index in [1.165, 1.54) is 0 Å². The normalized spacial score (nSPS) is 19.8. The average Bonchev–Trinajstić information content (AvgIpc) is 2.49. The lowest BCUT2D eigenvalue weighted by atomic mass is 10.0. The van der Waals surface area contributed by atoms with Crippen LogP contribution < -0.4 is 9.47 Å². The van der Waals surface area contributed by atoms with E-state index in [1.54, 1.807) is 14.0 Å². The van der Waals surface area contributed by atoms with Crippen LogP contribution in [0.5, 0.6) is 11.5 Å². The molecule has 5 heteroatoms. The first-order valence-corrected chi connectivity index (χ1v) is 7.24. The third-order valence-corrected chi connectivity index (χ3v) is 3.60. The summed E-state index contributed by atoms with van der Waals surface area (Å²) in [4.78, 5) is 10.9. The van der Waals surface area contributed by atoms with Crippen molar-refractivity contribution in [2.45, 2.75) is 32.3 Å². The molecule has 2 atom stereocenters. The van der Waals surface area contributed by atoms with E-state index in [1.807, 2.05) is 18.2 Å². The number of hydrogen-bond donors (Lipinski definition) is 1. The highest BCUT2D eigenvalue weighted by molar-refractivity contribution is 5.70. The van der Waals surface area contributed by atoms with E-state index in [0.717, 1.165) is 25.0 Å². The number of ether oxygens (including phenoxy) is 3. The molecule has 5 nitrogen and oxygen atoms in total. The van der Waals surface area contributed by atoms with Crippen molar-refractivity contribution in [3.63, 3.8) is 0 Å². The van der Waals surface area contributed by atoms with Crippen molar-refractivity contribution in [1.29, 1.82) is 0 Å². The topological polar surface area (TPSA) is 65.0 Å². The lowest BCUT2D eigenvalue weighted by Crippen LogP contribution is -2.28. The van der Waals surface area contributed by atoms with Crippen molar-refractivity contribution in [2.75, 3.05) is 20.3 Å². The summed E-state index contributed by atoms with van der Waals surface area (Å²) < 4.78 is 16.7. The maximum absolute atomic E-state index is 10.9. The quantitative estimate of drug-likeness (QED) is 0.873. The van der Waals surface area contributed by atoms with Crippen LogP contribution >= 0.6 is 0 Å². The third-order valence-electron chi connectivity index (χ3n) is 3.60. The van der Waals surface area contributed by atoms with Crippen LogP contribution in [0.1, 0.15) is 25.3 Å². The van der Waals surface area contributed by atoms with Gasteiger partial charge < -0.3 is 19.3 Å². The number of carbonyl (C=O) groups is 1. The summed E-state index contributed by atoms with van der Waals surface area (Å²) in [5, 5.41) is 8.97. The van der Waals surface area contributed by atoms with Gasteiger partial charge in [0.2, 0.25) is 0 Å². The molecule has 2 rings (SSSR count). The molecule has 1 heterocycles. The Balaban J connectivity index is 2.06. The number of carboxylic acid groups (broad SMARTS) is 1. The maximum atomic E-state index is 10.9. The first-order chi connectivity index (χ1) is 10.1. The van der Waals surface area contributed by atoms with Crippen molar-refractivity contribution in [2.24, 2.45) is 5.92 Å². The second-order valence-corrected chi connectivity index (χ2v) is 5.39. The van der Waals surface area contributed by atoms with Crippen molar-refractivity contribution in [3.05, 3.63) is 23.8 Å². The fourth-order valence-corrected chi connectivity index (χ4v) is 2.36. The number of aliphatic carboxylic acids is 1. The highest BCUT2D eigenvalue weighted by Crippen LogP contribution is 2.31. The van der Waals surface area contributed by atoms with E-state index in [-0.39, 0.29) is 6.10 Å². The first kappa shape index (κ1) is 15.6. The van der Waals surface area contributed by atoms with Crippen molar-refractivity contribution in [1.82, 2.24) is 0 Å². The van der Waals surface area contributed by atoms with Gasteiger partial charge in [-0.1, -0.05) is 13.0 Å². The van der Waals surface area contributed by atoms with Gasteiger partial charge in [-0.2, -0.15) is 0 Å². The van der Waals surface area contributed by atoms with Gasteiger partial charge in [0.1, 0.15) is 6.10 Å². The zero-order valence-electron chi connectivity index (χ0n) is 12.5.